The Hall–Kier alpha value is -2.43. The number of likely N-dealkylation sites (tertiary alicyclic amines) is 1. The SMILES string of the molecule is Oc1ccc2c(c1)[C@]13CCN(CC4CCC4)[C@H](C2)[C@]1(O)Cc1cc2ccccc2nc1C3. The molecule has 4 aliphatic rings. The Morgan fingerprint density at radius 1 is 1.03 bits per heavy atom. The largest absolute Gasteiger partial charge is 0.508 e. The van der Waals surface area contributed by atoms with Crippen molar-refractivity contribution < 1.29 is 10.2 Å². The summed E-state index contributed by atoms with van der Waals surface area (Å²) < 4.78 is 0. The number of aliphatic hydroxyl groups is 1. The van der Waals surface area contributed by atoms with Crippen LogP contribution in [0.25, 0.3) is 10.9 Å². The molecule has 2 fully saturated rings. The zero-order valence-corrected chi connectivity index (χ0v) is 18.4. The number of piperidine rings is 1. The number of aromatic nitrogens is 1. The highest BCUT2D eigenvalue weighted by molar-refractivity contribution is 5.79. The van der Waals surface area contributed by atoms with Gasteiger partial charge in [0.1, 0.15) is 5.75 Å². The lowest BCUT2D eigenvalue weighted by Gasteiger charge is -2.64. The monoisotopic (exact) mass is 426 g/mol. The number of pyridine rings is 1. The van der Waals surface area contributed by atoms with Gasteiger partial charge in [0, 0.05) is 41.9 Å². The van der Waals surface area contributed by atoms with Crippen LogP contribution in [0.3, 0.4) is 0 Å². The molecule has 2 aromatic carbocycles. The van der Waals surface area contributed by atoms with Crippen molar-refractivity contribution in [1.29, 1.82) is 0 Å². The molecule has 0 spiro atoms. The molecular formula is C28H30N2O2. The lowest BCUT2D eigenvalue weighted by atomic mass is 9.49. The molecule has 32 heavy (non-hydrogen) atoms. The van der Waals surface area contributed by atoms with Crippen LogP contribution >= 0.6 is 0 Å². The van der Waals surface area contributed by atoms with Crippen LogP contribution in [0.4, 0.5) is 0 Å². The van der Waals surface area contributed by atoms with Crippen LogP contribution in [-0.2, 0) is 24.7 Å². The van der Waals surface area contributed by atoms with Crippen molar-refractivity contribution in [3.8, 4) is 5.75 Å². The third kappa shape index (κ3) is 2.48. The summed E-state index contributed by atoms with van der Waals surface area (Å²) in [5.74, 6) is 1.09. The highest BCUT2D eigenvalue weighted by Gasteiger charge is 2.64. The molecule has 3 aliphatic carbocycles. The van der Waals surface area contributed by atoms with Crippen molar-refractivity contribution in [2.45, 2.75) is 62.0 Å². The Bertz CT molecular complexity index is 1240. The first-order valence-electron chi connectivity index (χ1n) is 12.2. The summed E-state index contributed by atoms with van der Waals surface area (Å²) in [6.45, 7) is 2.13. The van der Waals surface area contributed by atoms with Crippen LogP contribution in [0.15, 0.2) is 48.5 Å². The second-order valence-electron chi connectivity index (χ2n) is 10.8. The van der Waals surface area contributed by atoms with Gasteiger partial charge in [-0.2, -0.15) is 0 Å². The molecule has 1 aromatic heterocycles. The van der Waals surface area contributed by atoms with E-state index < -0.39 is 5.60 Å². The topological polar surface area (TPSA) is 56.6 Å². The first kappa shape index (κ1) is 19.1. The summed E-state index contributed by atoms with van der Waals surface area (Å²) in [7, 11) is 0. The fourth-order valence-electron chi connectivity index (χ4n) is 7.32. The number of para-hydroxylation sites is 1. The van der Waals surface area contributed by atoms with Gasteiger partial charge < -0.3 is 10.2 Å². The third-order valence-corrected chi connectivity index (χ3v) is 9.21. The van der Waals surface area contributed by atoms with E-state index >= 15 is 0 Å². The van der Waals surface area contributed by atoms with Gasteiger partial charge in [-0.3, -0.25) is 9.88 Å². The van der Waals surface area contributed by atoms with Crippen LogP contribution in [0.5, 0.6) is 5.75 Å². The van der Waals surface area contributed by atoms with Gasteiger partial charge in [0.25, 0.3) is 0 Å². The molecule has 164 valence electrons. The van der Waals surface area contributed by atoms with E-state index in [0.29, 0.717) is 12.2 Å². The number of phenolic OH excluding ortho intramolecular Hbond substituents is 1. The fourth-order valence-corrected chi connectivity index (χ4v) is 7.32. The van der Waals surface area contributed by atoms with Gasteiger partial charge in [-0.1, -0.05) is 30.7 Å². The van der Waals surface area contributed by atoms with Crippen LogP contribution < -0.4 is 0 Å². The van der Waals surface area contributed by atoms with Gasteiger partial charge in [-0.15, -0.1) is 0 Å². The molecule has 3 atom stereocenters. The summed E-state index contributed by atoms with van der Waals surface area (Å²) in [5.41, 5.74) is 4.56. The zero-order valence-electron chi connectivity index (χ0n) is 18.4. The Morgan fingerprint density at radius 2 is 1.91 bits per heavy atom. The molecule has 2 bridgehead atoms. The molecule has 1 aliphatic heterocycles. The molecule has 0 amide bonds. The minimum absolute atomic E-state index is 0.119. The Kier molecular flexibility index (Phi) is 3.91. The van der Waals surface area contributed by atoms with Crippen LogP contribution in [0.1, 0.15) is 48.1 Å². The Labute approximate surface area is 188 Å². The van der Waals surface area contributed by atoms with Crippen molar-refractivity contribution in [2.24, 2.45) is 5.92 Å². The van der Waals surface area contributed by atoms with Gasteiger partial charge in [-0.25, -0.2) is 0 Å². The van der Waals surface area contributed by atoms with E-state index in [1.807, 2.05) is 18.2 Å². The maximum atomic E-state index is 12.6. The maximum absolute atomic E-state index is 12.6. The van der Waals surface area contributed by atoms with Gasteiger partial charge in [0.2, 0.25) is 0 Å². The number of nitrogens with zero attached hydrogens (tertiary/aromatic N) is 2. The quantitative estimate of drug-likeness (QED) is 0.647. The van der Waals surface area contributed by atoms with Gasteiger partial charge in [-0.05, 0) is 79.1 Å². The number of rotatable bonds is 2. The smallest absolute Gasteiger partial charge is 0.115 e. The Morgan fingerprint density at radius 3 is 2.75 bits per heavy atom. The standard InChI is InChI=1S/C28H30N2O2/c31-22-9-8-19-13-26-28(32)15-21-12-20-6-1-2-7-24(20)29-25(21)16-27(28,23(19)14-22)10-11-30(26)17-18-4-3-5-18/h1-2,6-9,12,14,18,26,31-32H,3-5,10-11,13,15-17H2/t26-,27-,28-/m1/s1. The van der Waals surface area contributed by atoms with Crippen LogP contribution in [-0.4, -0.2) is 44.8 Å². The van der Waals surface area contributed by atoms with E-state index in [9.17, 15) is 10.2 Å². The van der Waals surface area contributed by atoms with E-state index in [0.717, 1.165) is 60.4 Å². The number of phenols is 1. The Balaban J connectivity index is 1.41. The van der Waals surface area contributed by atoms with Crippen molar-refractivity contribution >= 4 is 10.9 Å². The van der Waals surface area contributed by atoms with Gasteiger partial charge in [0.15, 0.2) is 0 Å². The molecule has 4 nitrogen and oxygen atoms in total. The second kappa shape index (κ2) is 6.55. The first-order chi connectivity index (χ1) is 15.6. The zero-order chi connectivity index (χ0) is 21.5. The number of hydrogen-bond acceptors (Lipinski definition) is 4. The minimum atomic E-state index is -0.840. The highest BCUT2D eigenvalue weighted by Crippen LogP contribution is 2.57. The molecule has 4 heteroatoms. The lowest BCUT2D eigenvalue weighted by Crippen LogP contribution is -2.74. The highest BCUT2D eigenvalue weighted by atomic mass is 16.3. The number of benzene rings is 2. The van der Waals surface area contributed by atoms with E-state index in [2.05, 4.69) is 35.2 Å². The predicted molar refractivity (Wildman–Crippen MR) is 125 cm³/mol. The molecule has 7 rings (SSSR count). The third-order valence-electron chi connectivity index (χ3n) is 9.21. The summed E-state index contributed by atoms with van der Waals surface area (Å²) in [4.78, 5) is 7.69. The van der Waals surface area contributed by atoms with E-state index in [4.69, 9.17) is 4.98 Å². The van der Waals surface area contributed by atoms with Crippen molar-refractivity contribution in [1.82, 2.24) is 9.88 Å². The molecule has 2 N–H and O–H groups in total. The number of aromatic hydroxyl groups is 1. The van der Waals surface area contributed by atoms with Crippen LogP contribution in [0.2, 0.25) is 0 Å². The van der Waals surface area contributed by atoms with Gasteiger partial charge in [0.05, 0.1) is 11.1 Å². The maximum Gasteiger partial charge on any atom is 0.115 e. The van der Waals surface area contributed by atoms with Crippen molar-refractivity contribution in [3.63, 3.8) is 0 Å². The average Bonchev–Trinajstić information content (AvgIpc) is 2.75. The van der Waals surface area contributed by atoms with Crippen molar-refractivity contribution in [3.05, 3.63) is 70.9 Å². The lowest BCUT2D eigenvalue weighted by molar-refractivity contribution is -0.155. The summed E-state index contributed by atoms with van der Waals surface area (Å²) in [6, 6.07) is 16.5. The molecule has 2 heterocycles. The van der Waals surface area contributed by atoms with E-state index in [-0.39, 0.29) is 11.5 Å². The van der Waals surface area contributed by atoms with E-state index in [1.165, 1.54) is 30.4 Å². The number of hydrogen-bond donors (Lipinski definition) is 2. The second-order valence-corrected chi connectivity index (χ2v) is 10.8. The average molecular weight is 427 g/mol. The molecule has 0 radical (unpaired) electrons. The molecule has 3 aromatic rings. The normalized spacial score (nSPS) is 31.5. The fraction of sp³-hybridized carbons (Fsp3) is 0.464. The molecule has 0 unspecified atom stereocenters. The van der Waals surface area contributed by atoms with Crippen LogP contribution in [0, 0.1) is 5.92 Å². The minimum Gasteiger partial charge on any atom is -0.508 e. The summed E-state index contributed by atoms with van der Waals surface area (Å²) in [6.07, 6.45) is 7.17. The summed E-state index contributed by atoms with van der Waals surface area (Å²) in [5, 5.41) is 24.2. The molecule has 1 saturated heterocycles. The predicted octanol–water partition coefficient (Wildman–Crippen LogP) is 4.14. The number of fused-ring (bicyclic) bond motifs is 3. The summed E-state index contributed by atoms with van der Waals surface area (Å²) >= 11 is 0. The van der Waals surface area contributed by atoms with Gasteiger partial charge >= 0.3 is 0 Å². The van der Waals surface area contributed by atoms with Crippen molar-refractivity contribution in [2.75, 3.05) is 13.1 Å². The molecule has 1 saturated carbocycles. The van der Waals surface area contributed by atoms with E-state index in [1.54, 1.807) is 0 Å². The first-order valence-corrected chi connectivity index (χ1v) is 12.2. The molecular weight excluding hydrogens is 396 g/mol.